The number of anilines is 2. The average molecular weight is 495 g/mol. The van der Waals surface area contributed by atoms with Crippen molar-refractivity contribution in [1.82, 2.24) is 9.29 Å². The number of hydrogen-bond acceptors (Lipinski definition) is 6. The molecule has 184 valence electrons. The lowest BCUT2D eigenvalue weighted by molar-refractivity contribution is -0.123. The van der Waals surface area contributed by atoms with Gasteiger partial charge >= 0.3 is 0 Å². The first-order valence-corrected chi connectivity index (χ1v) is 14.0. The number of oxazole rings is 1. The topological polar surface area (TPSA) is 87.0 Å². The van der Waals surface area contributed by atoms with Crippen LogP contribution in [0.15, 0.2) is 51.8 Å². The van der Waals surface area contributed by atoms with Crippen LogP contribution in [-0.4, -0.2) is 56.3 Å². The number of aryl methyl sites for hydroxylation is 1. The zero-order valence-corrected chi connectivity index (χ0v) is 20.5. The molecular formula is C26H30N4O4S. The fraction of sp³-hybridized carbons (Fsp3) is 0.462. The number of fused-ring (bicyclic) bond motifs is 2. The van der Waals surface area contributed by atoms with Gasteiger partial charge in [-0.15, -0.1) is 0 Å². The Morgan fingerprint density at radius 3 is 2.49 bits per heavy atom. The second-order valence-electron chi connectivity index (χ2n) is 9.72. The third-order valence-electron chi connectivity index (χ3n) is 7.54. The molecular weight excluding hydrogens is 464 g/mol. The van der Waals surface area contributed by atoms with Crippen LogP contribution in [0.25, 0.3) is 11.1 Å². The summed E-state index contributed by atoms with van der Waals surface area (Å²) in [5.74, 6) is 0.0768. The minimum Gasteiger partial charge on any atom is -0.423 e. The molecule has 0 bridgehead atoms. The first-order chi connectivity index (χ1) is 17.0. The van der Waals surface area contributed by atoms with E-state index in [0.29, 0.717) is 30.5 Å². The molecule has 2 fully saturated rings. The second kappa shape index (κ2) is 8.95. The van der Waals surface area contributed by atoms with Crippen molar-refractivity contribution in [3.63, 3.8) is 0 Å². The minimum absolute atomic E-state index is 0.0606. The van der Waals surface area contributed by atoms with Crippen molar-refractivity contribution in [2.75, 3.05) is 42.5 Å². The summed E-state index contributed by atoms with van der Waals surface area (Å²) in [5.41, 5.74) is 3.44. The Balaban J connectivity index is 1.16. The van der Waals surface area contributed by atoms with Gasteiger partial charge in [0, 0.05) is 44.3 Å². The number of para-hydroxylation sites is 2. The third kappa shape index (κ3) is 4.10. The highest BCUT2D eigenvalue weighted by molar-refractivity contribution is 7.89. The Hall–Kier alpha value is -2.91. The van der Waals surface area contributed by atoms with Crippen LogP contribution in [0.2, 0.25) is 0 Å². The Kier molecular flexibility index (Phi) is 5.76. The summed E-state index contributed by atoms with van der Waals surface area (Å²) in [6.45, 7) is 3.29. The number of carbonyl (C=O) groups excluding carboxylic acids is 1. The Morgan fingerprint density at radius 2 is 1.71 bits per heavy atom. The van der Waals surface area contributed by atoms with E-state index < -0.39 is 10.0 Å². The molecule has 3 aliphatic heterocycles. The number of benzene rings is 2. The molecule has 8 nitrogen and oxygen atoms in total. The number of amides is 1. The van der Waals surface area contributed by atoms with E-state index in [9.17, 15) is 13.2 Å². The molecule has 0 radical (unpaired) electrons. The van der Waals surface area contributed by atoms with E-state index in [1.165, 1.54) is 0 Å². The first kappa shape index (κ1) is 22.5. The van der Waals surface area contributed by atoms with Gasteiger partial charge in [-0.1, -0.05) is 12.1 Å². The van der Waals surface area contributed by atoms with E-state index in [1.807, 2.05) is 35.2 Å². The highest BCUT2D eigenvalue weighted by atomic mass is 32.2. The van der Waals surface area contributed by atoms with E-state index in [1.54, 1.807) is 16.4 Å². The average Bonchev–Trinajstić information content (AvgIpc) is 3.58. The molecule has 1 aromatic heterocycles. The summed E-state index contributed by atoms with van der Waals surface area (Å²) < 4.78 is 33.5. The molecule has 0 aliphatic carbocycles. The molecule has 2 saturated heterocycles. The summed E-state index contributed by atoms with van der Waals surface area (Å²) >= 11 is 0. The van der Waals surface area contributed by atoms with Crippen molar-refractivity contribution in [2.24, 2.45) is 5.92 Å². The fourth-order valence-electron chi connectivity index (χ4n) is 5.57. The number of piperidine rings is 1. The predicted octanol–water partition coefficient (Wildman–Crippen LogP) is 3.81. The maximum absolute atomic E-state index is 13.5. The van der Waals surface area contributed by atoms with Gasteiger partial charge in [-0.25, -0.2) is 8.42 Å². The Morgan fingerprint density at radius 1 is 0.943 bits per heavy atom. The van der Waals surface area contributed by atoms with Gasteiger partial charge < -0.3 is 14.2 Å². The van der Waals surface area contributed by atoms with Crippen LogP contribution in [0.3, 0.4) is 0 Å². The van der Waals surface area contributed by atoms with Gasteiger partial charge in [0.25, 0.3) is 6.01 Å². The zero-order valence-electron chi connectivity index (χ0n) is 19.7. The SMILES string of the molecule is O=C(C1CCN(c2nc3ccccc3o2)CC1)N1CCCc2cc(S(=O)(=O)N3CCCC3)ccc21. The number of hydrogen-bond donors (Lipinski definition) is 0. The molecule has 1 amide bonds. The highest BCUT2D eigenvalue weighted by Gasteiger charge is 2.34. The van der Waals surface area contributed by atoms with Crippen molar-refractivity contribution in [2.45, 2.75) is 43.4 Å². The van der Waals surface area contributed by atoms with Crippen molar-refractivity contribution in [3.05, 3.63) is 48.0 Å². The predicted molar refractivity (Wildman–Crippen MR) is 134 cm³/mol. The molecule has 6 rings (SSSR count). The van der Waals surface area contributed by atoms with Crippen LogP contribution in [0.5, 0.6) is 0 Å². The summed E-state index contributed by atoms with van der Waals surface area (Å²) in [6.07, 6.45) is 4.94. The molecule has 0 atom stereocenters. The van der Waals surface area contributed by atoms with Gasteiger partial charge in [0.1, 0.15) is 5.52 Å². The number of aromatic nitrogens is 1. The maximum atomic E-state index is 13.5. The quantitative estimate of drug-likeness (QED) is 0.548. The van der Waals surface area contributed by atoms with Gasteiger partial charge in [0.2, 0.25) is 15.9 Å². The van der Waals surface area contributed by atoms with Gasteiger partial charge in [-0.05, 0) is 74.4 Å². The van der Waals surface area contributed by atoms with Crippen LogP contribution in [0.1, 0.15) is 37.7 Å². The lowest BCUT2D eigenvalue weighted by atomic mass is 9.93. The molecule has 0 unspecified atom stereocenters. The molecule has 0 N–H and O–H groups in total. The van der Waals surface area contributed by atoms with Gasteiger partial charge in [0.05, 0.1) is 4.90 Å². The number of sulfonamides is 1. The largest absolute Gasteiger partial charge is 0.423 e. The van der Waals surface area contributed by atoms with Crippen molar-refractivity contribution >= 4 is 38.7 Å². The fourth-order valence-corrected chi connectivity index (χ4v) is 7.14. The Bertz CT molecular complexity index is 1320. The van der Waals surface area contributed by atoms with E-state index in [-0.39, 0.29) is 11.8 Å². The third-order valence-corrected chi connectivity index (χ3v) is 9.43. The van der Waals surface area contributed by atoms with Crippen LogP contribution in [0, 0.1) is 5.92 Å². The molecule has 3 aromatic rings. The van der Waals surface area contributed by atoms with Crippen LogP contribution >= 0.6 is 0 Å². The van der Waals surface area contributed by atoms with E-state index in [4.69, 9.17) is 4.42 Å². The van der Waals surface area contributed by atoms with Crippen LogP contribution < -0.4 is 9.80 Å². The summed E-state index contributed by atoms with van der Waals surface area (Å²) in [4.78, 5) is 22.5. The van der Waals surface area contributed by atoms with E-state index in [2.05, 4.69) is 9.88 Å². The Labute approximate surface area is 205 Å². The standard InChI is InChI=1S/C26H30N4O4S/c31-25(19-11-16-28(17-12-19)26-27-22-7-1-2-8-24(22)34-26)30-15-5-6-20-18-21(9-10-23(20)30)35(32,33)29-13-3-4-14-29/h1-2,7-10,18-19H,3-6,11-17H2. The molecule has 2 aromatic carbocycles. The number of carbonyl (C=O) groups is 1. The zero-order chi connectivity index (χ0) is 24.0. The lowest BCUT2D eigenvalue weighted by Gasteiger charge is -2.36. The summed E-state index contributed by atoms with van der Waals surface area (Å²) in [6, 6.07) is 13.7. The summed E-state index contributed by atoms with van der Waals surface area (Å²) in [7, 11) is -3.46. The molecule has 0 saturated carbocycles. The van der Waals surface area contributed by atoms with Crippen molar-refractivity contribution < 1.29 is 17.6 Å². The molecule has 35 heavy (non-hydrogen) atoms. The number of nitrogens with zero attached hydrogens (tertiary/aromatic N) is 4. The first-order valence-electron chi connectivity index (χ1n) is 12.6. The lowest BCUT2D eigenvalue weighted by Crippen LogP contribution is -2.44. The van der Waals surface area contributed by atoms with Crippen molar-refractivity contribution in [1.29, 1.82) is 0 Å². The van der Waals surface area contributed by atoms with Gasteiger partial charge in [-0.3, -0.25) is 4.79 Å². The maximum Gasteiger partial charge on any atom is 0.298 e. The molecule has 4 heterocycles. The minimum atomic E-state index is -3.46. The molecule has 0 spiro atoms. The number of rotatable bonds is 4. The smallest absolute Gasteiger partial charge is 0.298 e. The normalized spacial score (nSPS) is 19.9. The highest BCUT2D eigenvalue weighted by Crippen LogP contribution is 2.34. The van der Waals surface area contributed by atoms with Crippen molar-refractivity contribution in [3.8, 4) is 0 Å². The van der Waals surface area contributed by atoms with Gasteiger partial charge in [0.15, 0.2) is 5.58 Å². The van der Waals surface area contributed by atoms with Gasteiger partial charge in [-0.2, -0.15) is 9.29 Å². The summed E-state index contributed by atoms with van der Waals surface area (Å²) in [5, 5.41) is 0. The van der Waals surface area contributed by atoms with E-state index >= 15 is 0 Å². The van der Waals surface area contributed by atoms with E-state index in [0.717, 1.165) is 74.0 Å². The monoisotopic (exact) mass is 494 g/mol. The molecule has 3 aliphatic rings. The second-order valence-corrected chi connectivity index (χ2v) is 11.7. The van der Waals surface area contributed by atoms with Crippen LogP contribution in [-0.2, 0) is 21.2 Å². The van der Waals surface area contributed by atoms with Crippen LogP contribution in [0.4, 0.5) is 11.7 Å². The molecule has 9 heteroatoms.